The molecular formula is C26H25F4N3O2. The molecule has 1 atom stereocenters. The third-order valence-electron chi connectivity index (χ3n) is 6.67. The number of rotatable bonds is 4. The number of aromatic nitrogens is 2. The van der Waals surface area contributed by atoms with Gasteiger partial charge in [0.1, 0.15) is 17.7 Å². The van der Waals surface area contributed by atoms with Crippen molar-refractivity contribution in [2.75, 3.05) is 19.7 Å². The summed E-state index contributed by atoms with van der Waals surface area (Å²) in [4.78, 5) is 19.0. The maximum Gasteiger partial charge on any atom is 0.416 e. The van der Waals surface area contributed by atoms with E-state index in [1.54, 1.807) is 23.1 Å². The van der Waals surface area contributed by atoms with E-state index in [0.29, 0.717) is 55.0 Å². The molecule has 5 nitrogen and oxygen atoms in total. The fraction of sp³-hybridized carbons (Fsp3) is 0.385. The SMILES string of the molecule is O=C(/C=C/c1cccc(F)c1)N1CCC(n2c(C3CCCO3)nc3cc(C(F)(F)F)ccc32)CC1. The average Bonchev–Trinajstić information content (AvgIpc) is 3.49. The lowest BCUT2D eigenvalue weighted by Crippen LogP contribution is -2.38. The Morgan fingerprint density at radius 3 is 2.57 bits per heavy atom. The van der Waals surface area contributed by atoms with Gasteiger partial charge in [-0.05, 0) is 67.7 Å². The molecule has 0 bridgehead atoms. The van der Waals surface area contributed by atoms with Crippen LogP contribution in [0.2, 0.25) is 0 Å². The minimum absolute atomic E-state index is 0.00724. The molecule has 9 heteroatoms. The van der Waals surface area contributed by atoms with Crippen molar-refractivity contribution in [1.82, 2.24) is 14.5 Å². The van der Waals surface area contributed by atoms with E-state index < -0.39 is 11.7 Å². The molecule has 184 valence electrons. The summed E-state index contributed by atoms with van der Waals surface area (Å²) >= 11 is 0. The highest BCUT2D eigenvalue weighted by Crippen LogP contribution is 2.38. The van der Waals surface area contributed by atoms with Crippen LogP contribution in [0.25, 0.3) is 17.1 Å². The summed E-state index contributed by atoms with van der Waals surface area (Å²) < 4.78 is 61.0. The third-order valence-corrected chi connectivity index (χ3v) is 6.67. The quantitative estimate of drug-likeness (QED) is 0.339. The molecule has 5 rings (SSSR count). The fourth-order valence-electron chi connectivity index (χ4n) is 4.91. The number of halogens is 4. The number of benzene rings is 2. The zero-order valence-electron chi connectivity index (χ0n) is 19.0. The number of carbonyl (C=O) groups excluding carboxylic acids is 1. The largest absolute Gasteiger partial charge is 0.416 e. The first-order valence-electron chi connectivity index (χ1n) is 11.7. The van der Waals surface area contributed by atoms with Crippen LogP contribution in [0.5, 0.6) is 0 Å². The van der Waals surface area contributed by atoms with Gasteiger partial charge in [0.05, 0.1) is 16.6 Å². The number of imidazole rings is 1. The van der Waals surface area contributed by atoms with Crippen LogP contribution >= 0.6 is 0 Å². The Morgan fingerprint density at radius 2 is 1.89 bits per heavy atom. The molecule has 0 aliphatic carbocycles. The number of piperidine rings is 1. The fourth-order valence-corrected chi connectivity index (χ4v) is 4.91. The predicted molar refractivity (Wildman–Crippen MR) is 123 cm³/mol. The van der Waals surface area contributed by atoms with Crippen LogP contribution in [0.1, 0.15) is 54.8 Å². The number of alkyl halides is 3. The van der Waals surface area contributed by atoms with Crippen molar-refractivity contribution in [2.45, 2.75) is 44.0 Å². The number of fused-ring (bicyclic) bond motifs is 1. The molecule has 0 radical (unpaired) electrons. The summed E-state index contributed by atoms with van der Waals surface area (Å²) in [7, 11) is 0. The number of amides is 1. The summed E-state index contributed by atoms with van der Waals surface area (Å²) in [6, 6.07) is 9.69. The summed E-state index contributed by atoms with van der Waals surface area (Å²) in [5.74, 6) is 0.141. The topological polar surface area (TPSA) is 47.4 Å². The van der Waals surface area contributed by atoms with Crippen molar-refractivity contribution in [2.24, 2.45) is 0 Å². The van der Waals surface area contributed by atoms with Gasteiger partial charge < -0.3 is 14.2 Å². The monoisotopic (exact) mass is 487 g/mol. The first-order chi connectivity index (χ1) is 16.8. The van der Waals surface area contributed by atoms with E-state index >= 15 is 0 Å². The second kappa shape index (κ2) is 9.45. The minimum Gasteiger partial charge on any atom is -0.370 e. The van der Waals surface area contributed by atoms with Gasteiger partial charge in [0, 0.05) is 31.8 Å². The van der Waals surface area contributed by atoms with Crippen molar-refractivity contribution in [3.63, 3.8) is 0 Å². The van der Waals surface area contributed by atoms with Crippen molar-refractivity contribution in [3.05, 3.63) is 71.3 Å². The second-order valence-corrected chi connectivity index (χ2v) is 8.99. The minimum atomic E-state index is -4.44. The van der Waals surface area contributed by atoms with Crippen LogP contribution in [-0.4, -0.2) is 40.1 Å². The molecule has 2 aromatic carbocycles. The maximum absolute atomic E-state index is 13.4. The number of ether oxygens (including phenoxy) is 1. The van der Waals surface area contributed by atoms with E-state index in [1.165, 1.54) is 24.3 Å². The molecular weight excluding hydrogens is 462 g/mol. The summed E-state index contributed by atoms with van der Waals surface area (Å²) in [5, 5.41) is 0. The second-order valence-electron chi connectivity index (χ2n) is 8.99. The Bertz CT molecular complexity index is 1250. The molecule has 2 aliphatic heterocycles. The molecule has 0 saturated carbocycles. The molecule has 2 aliphatic rings. The van der Waals surface area contributed by atoms with Crippen molar-refractivity contribution in [1.29, 1.82) is 0 Å². The first kappa shape index (κ1) is 23.5. The van der Waals surface area contributed by atoms with Gasteiger partial charge in [-0.1, -0.05) is 12.1 Å². The van der Waals surface area contributed by atoms with Crippen LogP contribution in [0.15, 0.2) is 48.5 Å². The highest BCUT2D eigenvalue weighted by atomic mass is 19.4. The van der Waals surface area contributed by atoms with Crippen molar-refractivity contribution >= 4 is 23.0 Å². The predicted octanol–water partition coefficient (Wildman–Crippen LogP) is 5.92. The molecule has 1 aromatic heterocycles. The van der Waals surface area contributed by atoms with Gasteiger partial charge in [0.25, 0.3) is 0 Å². The highest BCUT2D eigenvalue weighted by molar-refractivity contribution is 5.91. The lowest BCUT2D eigenvalue weighted by Gasteiger charge is -2.33. The van der Waals surface area contributed by atoms with Crippen LogP contribution in [0, 0.1) is 5.82 Å². The number of hydrogen-bond donors (Lipinski definition) is 0. The molecule has 0 spiro atoms. The molecule has 2 saturated heterocycles. The van der Waals surface area contributed by atoms with Crippen LogP contribution in [-0.2, 0) is 15.7 Å². The number of carbonyl (C=O) groups is 1. The van der Waals surface area contributed by atoms with Gasteiger partial charge in [-0.15, -0.1) is 0 Å². The molecule has 1 unspecified atom stereocenters. The number of nitrogens with zero attached hydrogens (tertiary/aromatic N) is 3. The van der Waals surface area contributed by atoms with Crippen LogP contribution in [0.4, 0.5) is 17.6 Å². The lowest BCUT2D eigenvalue weighted by atomic mass is 10.0. The molecule has 35 heavy (non-hydrogen) atoms. The van der Waals surface area contributed by atoms with Crippen LogP contribution < -0.4 is 0 Å². The van der Waals surface area contributed by atoms with Gasteiger partial charge in [-0.2, -0.15) is 13.2 Å². The molecule has 0 N–H and O–H groups in total. The number of likely N-dealkylation sites (tertiary alicyclic amines) is 1. The Labute approximate surface area is 200 Å². The van der Waals surface area contributed by atoms with E-state index in [0.717, 1.165) is 25.0 Å². The van der Waals surface area contributed by atoms with E-state index in [4.69, 9.17) is 4.74 Å². The Morgan fingerprint density at radius 1 is 1.09 bits per heavy atom. The van der Waals surface area contributed by atoms with E-state index in [2.05, 4.69) is 4.98 Å². The standard InChI is InChI=1S/C26H25F4N3O2/c27-19-4-1-3-17(15-19)6-9-24(34)32-12-10-20(11-13-32)33-22-8-7-18(26(28,29)30)16-21(22)31-25(33)23-5-2-14-35-23/h1,3-4,6-9,15-16,20,23H,2,5,10-14H2/b9-6+. The number of hydrogen-bond acceptors (Lipinski definition) is 3. The summed E-state index contributed by atoms with van der Waals surface area (Å²) in [5.41, 5.74) is 0.845. The van der Waals surface area contributed by atoms with E-state index in [9.17, 15) is 22.4 Å². The van der Waals surface area contributed by atoms with Crippen LogP contribution in [0.3, 0.4) is 0 Å². The van der Waals surface area contributed by atoms with E-state index in [1.807, 2.05) is 4.57 Å². The van der Waals surface area contributed by atoms with Crippen molar-refractivity contribution in [3.8, 4) is 0 Å². The Kier molecular flexibility index (Phi) is 6.35. The zero-order valence-corrected chi connectivity index (χ0v) is 19.0. The first-order valence-corrected chi connectivity index (χ1v) is 11.7. The van der Waals surface area contributed by atoms with Crippen molar-refractivity contribution < 1.29 is 27.1 Å². The molecule has 3 heterocycles. The van der Waals surface area contributed by atoms with Gasteiger partial charge in [0.15, 0.2) is 0 Å². The molecule has 2 fully saturated rings. The zero-order chi connectivity index (χ0) is 24.6. The van der Waals surface area contributed by atoms with E-state index in [-0.39, 0.29) is 23.9 Å². The highest BCUT2D eigenvalue weighted by Gasteiger charge is 2.34. The maximum atomic E-state index is 13.4. The summed E-state index contributed by atoms with van der Waals surface area (Å²) in [6.07, 6.45) is 1.30. The molecule has 3 aromatic rings. The summed E-state index contributed by atoms with van der Waals surface area (Å²) in [6.45, 7) is 1.61. The normalized spacial score (nSPS) is 19.8. The average molecular weight is 487 g/mol. The lowest BCUT2D eigenvalue weighted by molar-refractivity contribution is -0.137. The smallest absolute Gasteiger partial charge is 0.370 e. The third kappa shape index (κ3) is 4.96. The molecule has 1 amide bonds. The van der Waals surface area contributed by atoms with Gasteiger partial charge in [-0.25, -0.2) is 9.37 Å². The van der Waals surface area contributed by atoms with Gasteiger partial charge in [0.2, 0.25) is 5.91 Å². The Balaban J connectivity index is 1.36. The van der Waals surface area contributed by atoms with Gasteiger partial charge >= 0.3 is 6.18 Å². The van der Waals surface area contributed by atoms with Gasteiger partial charge in [-0.3, -0.25) is 4.79 Å². The Hall–Kier alpha value is -3.20.